The van der Waals surface area contributed by atoms with Crippen LogP contribution in [0.25, 0.3) is 0 Å². The Morgan fingerprint density at radius 3 is 2.75 bits per heavy atom. The highest BCUT2D eigenvalue weighted by molar-refractivity contribution is 7.89. The SMILES string of the molecule is CCOCCN(C)S(=O)(=O)c1cn[nH]c1C. The number of ether oxygens (including phenoxy) is 1. The highest BCUT2D eigenvalue weighted by Crippen LogP contribution is 2.15. The van der Waals surface area contributed by atoms with Gasteiger partial charge in [-0.1, -0.05) is 0 Å². The Bertz CT molecular complexity index is 427. The van der Waals surface area contributed by atoms with Crippen molar-refractivity contribution >= 4 is 10.0 Å². The molecule has 1 aromatic heterocycles. The molecule has 1 heterocycles. The van der Waals surface area contributed by atoms with Crippen LogP contribution in [0.3, 0.4) is 0 Å². The molecule has 1 rings (SSSR count). The number of rotatable bonds is 6. The van der Waals surface area contributed by atoms with Crippen molar-refractivity contribution in [2.24, 2.45) is 0 Å². The molecular weight excluding hydrogens is 230 g/mol. The van der Waals surface area contributed by atoms with Crippen LogP contribution in [0.2, 0.25) is 0 Å². The molecule has 16 heavy (non-hydrogen) atoms. The Labute approximate surface area is 95.7 Å². The van der Waals surface area contributed by atoms with Gasteiger partial charge in [0, 0.05) is 20.2 Å². The van der Waals surface area contributed by atoms with Crippen LogP contribution in [-0.2, 0) is 14.8 Å². The van der Waals surface area contributed by atoms with Crippen LogP contribution in [0, 0.1) is 6.92 Å². The fraction of sp³-hybridized carbons (Fsp3) is 0.667. The number of nitrogens with one attached hydrogen (secondary N) is 1. The van der Waals surface area contributed by atoms with E-state index in [0.29, 0.717) is 25.5 Å². The van der Waals surface area contributed by atoms with E-state index in [1.54, 1.807) is 6.92 Å². The van der Waals surface area contributed by atoms with Crippen LogP contribution in [0.4, 0.5) is 0 Å². The molecule has 0 fully saturated rings. The summed E-state index contributed by atoms with van der Waals surface area (Å²) in [5, 5.41) is 6.31. The molecular formula is C9H17N3O3S. The molecule has 0 spiro atoms. The van der Waals surface area contributed by atoms with E-state index < -0.39 is 10.0 Å². The van der Waals surface area contributed by atoms with Crippen LogP contribution in [-0.4, -0.2) is 49.7 Å². The summed E-state index contributed by atoms with van der Waals surface area (Å²) in [5.41, 5.74) is 0.545. The topological polar surface area (TPSA) is 75.3 Å². The number of sulfonamides is 1. The van der Waals surface area contributed by atoms with Gasteiger partial charge in [-0.3, -0.25) is 5.10 Å². The minimum absolute atomic E-state index is 0.214. The quantitative estimate of drug-likeness (QED) is 0.737. The van der Waals surface area contributed by atoms with E-state index in [1.165, 1.54) is 17.5 Å². The molecule has 0 amide bonds. The Hall–Kier alpha value is -0.920. The zero-order valence-electron chi connectivity index (χ0n) is 9.73. The van der Waals surface area contributed by atoms with E-state index >= 15 is 0 Å². The molecule has 0 aliphatic rings. The lowest BCUT2D eigenvalue weighted by Gasteiger charge is -2.16. The van der Waals surface area contributed by atoms with Crippen molar-refractivity contribution < 1.29 is 13.2 Å². The molecule has 92 valence electrons. The molecule has 0 atom stereocenters. The maximum absolute atomic E-state index is 12.0. The smallest absolute Gasteiger partial charge is 0.246 e. The summed E-state index contributed by atoms with van der Waals surface area (Å²) >= 11 is 0. The monoisotopic (exact) mass is 247 g/mol. The molecule has 7 heteroatoms. The van der Waals surface area contributed by atoms with E-state index in [0.717, 1.165) is 0 Å². The lowest BCUT2D eigenvalue weighted by atomic mass is 10.5. The van der Waals surface area contributed by atoms with Crippen LogP contribution in [0.15, 0.2) is 11.1 Å². The van der Waals surface area contributed by atoms with E-state index in [2.05, 4.69) is 10.2 Å². The molecule has 0 radical (unpaired) electrons. The summed E-state index contributed by atoms with van der Waals surface area (Å²) in [4.78, 5) is 0.214. The van der Waals surface area contributed by atoms with Crippen molar-refractivity contribution in [2.45, 2.75) is 18.7 Å². The van der Waals surface area contributed by atoms with Crippen molar-refractivity contribution in [3.63, 3.8) is 0 Å². The van der Waals surface area contributed by atoms with Crippen LogP contribution >= 0.6 is 0 Å². The Morgan fingerprint density at radius 1 is 1.56 bits per heavy atom. The molecule has 1 N–H and O–H groups in total. The number of nitrogens with zero attached hydrogens (tertiary/aromatic N) is 2. The number of hydrogen-bond acceptors (Lipinski definition) is 4. The normalized spacial score (nSPS) is 12.2. The molecule has 0 bridgehead atoms. The largest absolute Gasteiger partial charge is 0.380 e. The third-order valence-corrected chi connectivity index (χ3v) is 4.20. The van der Waals surface area contributed by atoms with E-state index in [1.807, 2.05) is 6.92 Å². The van der Waals surface area contributed by atoms with Gasteiger partial charge in [-0.05, 0) is 13.8 Å². The van der Waals surface area contributed by atoms with Gasteiger partial charge in [0.2, 0.25) is 10.0 Å². The highest BCUT2D eigenvalue weighted by Gasteiger charge is 2.23. The van der Waals surface area contributed by atoms with Gasteiger partial charge in [0.05, 0.1) is 18.5 Å². The van der Waals surface area contributed by atoms with Crippen molar-refractivity contribution in [3.8, 4) is 0 Å². The first-order chi connectivity index (χ1) is 7.50. The minimum atomic E-state index is -3.45. The summed E-state index contributed by atoms with van der Waals surface area (Å²) in [6.07, 6.45) is 1.32. The first-order valence-corrected chi connectivity index (χ1v) is 6.48. The van der Waals surface area contributed by atoms with Crippen LogP contribution < -0.4 is 0 Å². The van der Waals surface area contributed by atoms with Gasteiger partial charge in [0.15, 0.2) is 0 Å². The molecule has 0 aromatic carbocycles. The summed E-state index contributed by atoms with van der Waals surface area (Å²) in [7, 11) is -1.92. The maximum atomic E-state index is 12.0. The molecule has 0 unspecified atom stereocenters. The molecule has 0 aliphatic carbocycles. The standard InChI is InChI=1S/C9H17N3O3S/c1-4-15-6-5-12(3)16(13,14)9-7-10-11-8(9)2/h7H,4-6H2,1-3H3,(H,10,11). The summed E-state index contributed by atoms with van der Waals surface area (Å²) in [5.74, 6) is 0. The lowest BCUT2D eigenvalue weighted by Crippen LogP contribution is -2.30. The molecule has 1 aromatic rings. The summed E-state index contributed by atoms with van der Waals surface area (Å²) < 4.78 is 30.4. The number of aromatic amines is 1. The fourth-order valence-electron chi connectivity index (χ4n) is 1.23. The number of likely N-dealkylation sites (N-methyl/N-ethyl adjacent to an activating group) is 1. The highest BCUT2D eigenvalue weighted by atomic mass is 32.2. The Morgan fingerprint density at radius 2 is 2.25 bits per heavy atom. The first-order valence-electron chi connectivity index (χ1n) is 5.04. The van der Waals surface area contributed by atoms with Crippen LogP contribution in [0.1, 0.15) is 12.6 Å². The lowest BCUT2D eigenvalue weighted by molar-refractivity contribution is 0.138. The van der Waals surface area contributed by atoms with Gasteiger partial charge in [-0.15, -0.1) is 0 Å². The van der Waals surface area contributed by atoms with Gasteiger partial charge in [-0.25, -0.2) is 8.42 Å². The number of aryl methyl sites for hydroxylation is 1. The predicted octanol–water partition coefficient (Wildman–Crippen LogP) is 0.375. The fourth-order valence-corrected chi connectivity index (χ4v) is 2.49. The van der Waals surface area contributed by atoms with Crippen molar-refractivity contribution in [3.05, 3.63) is 11.9 Å². The molecule has 0 saturated heterocycles. The first kappa shape index (κ1) is 13.1. The third kappa shape index (κ3) is 2.81. The second-order valence-electron chi connectivity index (χ2n) is 3.38. The number of aromatic nitrogens is 2. The second kappa shape index (κ2) is 5.42. The van der Waals surface area contributed by atoms with Gasteiger partial charge >= 0.3 is 0 Å². The molecule has 0 aliphatic heterocycles. The zero-order chi connectivity index (χ0) is 12.2. The predicted molar refractivity (Wildman–Crippen MR) is 59.6 cm³/mol. The Kier molecular flexibility index (Phi) is 4.45. The second-order valence-corrected chi connectivity index (χ2v) is 5.40. The molecule has 6 nitrogen and oxygen atoms in total. The van der Waals surface area contributed by atoms with Crippen LogP contribution in [0.5, 0.6) is 0 Å². The average Bonchev–Trinajstić information content (AvgIpc) is 2.65. The number of hydrogen-bond donors (Lipinski definition) is 1. The van der Waals surface area contributed by atoms with E-state index in [4.69, 9.17) is 4.74 Å². The summed E-state index contributed by atoms with van der Waals surface area (Å²) in [6.45, 7) is 4.85. The van der Waals surface area contributed by atoms with Gasteiger partial charge in [0.1, 0.15) is 4.90 Å². The third-order valence-electron chi connectivity index (χ3n) is 2.23. The Balaban J connectivity index is 2.75. The number of H-pyrrole nitrogens is 1. The summed E-state index contributed by atoms with van der Waals surface area (Å²) in [6, 6.07) is 0. The average molecular weight is 247 g/mol. The van der Waals surface area contributed by atoms with Crippen molar-refractivity contribution in [1.82, 2.24) is 14.5 Å². The van der Waals surface area contributed by atoms with E-state index in [9.17, 15) is 8.42 Å². The van der Waals surface area contributed by atoms with Gasteiger partial charge in [0.25, 0.3) is 0 Å². The minimum Gasteiger partial charge on any atom is -0.380 e. The molecule has 0 saturated carbocycles. The van der Waals surface area contributed by atoms with E-state index in [-0.39, 0.29) is 4.90 Å². The van der Waals surface area contributed by atoms with Crippen molar-refractivity contribution in [2.75, 3.05) is 26.8 Å². The van der Waals surface area contributed by atoms with Gasteiger partial charge < -0.3 is 4.74 Å². The maximum Gasteiger partial charge on any atom is 0.246 e. The zero-order valence-corrected chi connectivity index (χ0v) is 10.5. The van der Waals surface area contributed by atoms with Crippen molar-refractivity contribution in [1.29, 1.82) is 0 Å². The van der Waals surface area contributed by atoms with Gasteiger partial charge in [-0.2, -0.15) is 9.40 Å².